The second-order valence-corrected chi connectivity index (χ2v) is 9.73. The van der Waals surface area contributed by atoms with Crippen LogP contribution in [0.2, 0.25) is 0 Å². The topological polar surface area (TPSA) is 74.8 Å². The maximum absolute atomic E-state index is 12.5. The average molecular weight is 416 g/mol. The number of nitrogens with zero attached hydrogens (tertiary/aromatic N) is 1. The summed E-state index contributed by atoms with van der Waals surface area (Å²) in [5, 5.41) is 3.35. The minimum Gasteiger partial charge on any atom is -0.325 e. The number of thioether (sulfide) groups is 1. The molecule has 1 amide bonds. The van der Waals surface area contributed by atoms with Gasteiger partial charge in [-0.3, -0.25) is 9.59 Å². The molecule has 1 aromatic carbocycles. The van der Waals surface area contributed by atoms with Crippen molar-refractivity contribution in [1.82, 2.24) is 9.97 Å². The van der Waals surface area contributed by atoms with Crippen LogP contribution in [0.25, 0.3) is 10.2 Å². The third kappa shape index (κ3) is 4.47. The lowest BCUT2D eigenvalue weighted by Gasteiger charge is -2.13. The zero-order valence-electron chi connectivity index (χ0n) is 16.8. The Labute approximate surface area is 173 Å². The van der Waals surface area contributed by atoms with Crippen molar-refractivity contribution in [3.8, 4) is 0 Å². The van der Waals surface area contributed by atoms with E-state index in [1.165, 1.54) is 28.7 Å². The minimum absolute atomic E-state index is 0.0615. The Kier molecular flexibility index (Phi) is 6.25. The quantitative estimate of drug-likeness (QED) is 0.595. The van der Waals surface area contributed by atoms with Gasteiger partial charge in [0.1, 0.15) is 10.7 Å². The molecular formula is C21H25N3O2S2. The molecule has 0 aliphatic rings. The maximum Gasteiger partial charge on any atom is 0.259 e. The molecule has 2 heterocycles. The standard InChI is InChI=1S/C21H25N3O2S2/c1-11(2)15-6-8-16(9-7-15)22-19(25)14(5)27-10-17-23-20(26)18-12(3)13(4)28-21(18)24-17/h6-9,11,14H,10H2,1-5H3,(H,22,25)(H,23,24,26). The highest BCUT2D eigenvalue weighted by atomic mass is 32.2. The van der Waals surface area contributed by atoms with E-state index in [9.17, 15) is 9.59 Å². The Morgan fingerprint density at radius 2 is 1.89 bits per heavy atom. The number of carbonyl (C=O) groups excluding carboxylic acids is 1. The molecule has 2 N–H and O–H groups in total. The summed E-state index contributed by atoms with van der Waals surface area (Å²) in [4.78, 5) is 34.1. The van der Waals surface area contributed by atoms with Gasteiger partial charge in [0.15, 0.2) is 0 Å². The molecule has 148 valence electrons. The van der Waals surface area contributed by atoms with Crippen molar-refractivity contribution in [2.24, 2.45) is 0 Å². The van der Waals surface area contributed by atoms with E-state index in [-0.39, 0.29) is 16.7 Å². The molecule has 0 fully saturated rings. The van der Waals surface area contributed by atoms with Gasteiger partial charge in [-0.25, -0.2) is 4.98 Å². The van der Waals surface area contributed by atoms with Crippen molar-refractivity contribution >= 4 is 44.9 Å². The lowest BCUT2D eigenvalue weighted by atomic mass is 10.0. The van der Waals surface area contributed by atoms with Crippen LogP contribution >= 0.6 is 23.1 Å². The van der Waals surface area contributed by atoms with E-state index in [1.54, 1.807) is 0 Å². The van der Waals surface area contributed by atoms with Crippen LogP contribution in [0.3, 0.4) is 0 Å². The van der Waals surface area contributed by atoms with E-state index in [0.29, 0.717) is 22.9 Å². The number of nitrogens with one attached hydrogen (secondary N) is 2. The summed E-state index contributed by atoms with van der Waals surface area (Å²) < 4.78 is 0. The number of hydrogen-bond donors (Lipinski definition) is 2. The van der Waals surface area contributed by atoms with Gasteiger partial charge in [-0.1, -0.05) is 26.0 Å². The van der Waals surface area contributed by atoms with Crippen LogP contribution in [0.5, 0.6) is 0 Å². The summed E-state index contributed by atoms with van der Waals surface area (Å²) in [5.41, 5.74) is 2.92. The molecule has 3 aromatic rings. The Balaban J connectivity index is 1.63. The summed E-state index contributed by atoms with van der Waals surface area (Å²) in [6.45, 7) is 10.1. The first kappa shape index (κ1) is 20.6. The number of H-pyrrole nitrogens is 1. The van der Waals surface area contributed by atoms with E-state index >= 15 is 0 Å². The molecule has 28 heavy (non-hydrogen) atoms. The van der Waals surface area contributed by atoms with Crippen LogP contribution in [0.1, 0.15) is 48.5 Å². The Morgan fingerprint density at radius 3 is 2.54 bits per heavy atom. The van der Waals surface area contributed by atoms with Crippen LogP contribution in [0.4, 0.5) is 5.69 Å². The van der Waals surface area contributed by atoms with Crippen molar-refractivity contribution in [3.05, 3.63) is 56.4 Å². The second-order valence-electron chi connectivity index (χ2n) is 7.20. The first-order valence-electron chi connectivity index (χ1n) is 9.27. The van der Waals surface area contributed by atoms with E-state index in [4.69, 9.17) is 0 Å². The van der Waals surface area contributed by atoms with Gasteiger partial charge in [0.05, 0.1) is 16.4 Å². The molecular weight excluding hydrogens is 390 g/mol. The average Bonchev–Trinajstić information content (AvgIpc) is 2.94. The first-order valence-corrected chi connectivity index (χ1v) is 11.1. The number of aromatic amines is 1. The lowest BCUT2D eigenvalue weighted by Crippen LogP contribution is -2.23. The summed E-state index contributed by atoms with van der Waals surface area (Å²) in [6.07, 6.45) is 0. The summed E-state index contributed by atoms with van der Waals surface area (Å²) >= 11 is 2.99. The molecule has 0 aliphatic heterocycles. The van der Waals surface area contributed by atoms with Crippen LogP contribution < -0.4 is 10.9 Å². The molecule has 3 rings (SSSR count). The van der Waals surface area contributed by atoms with Crippen molar-refractivity contribution in [2.75, 3.05) is 5.32 Å². The molecule has 1 unspecified atom stereocenters. The fraction of sp³-hybridized carbons (Fsp3) is 0.381. The van der Waals surface area contributed by atoms with Crippen LogP contribution in [0, 0.1) is 13.8 Å². The second kappa shape index (κ2) is 8.49. The summed E-state index contributed by atoms with van der Waals surface area (Å²) in [7, 11) is 0. The van der Waals surface area contributed by atoms with Gasteiger partial charge in [0.2, 0.25) is 5.91 Å². The van der Waals surface area contributed by atoms with Gasteiger partial charge >= 0.3 is 0 Å². The largest absolute Gasteiger partial charge is 0.325 e. The smallest absolute Gasteiger partial charge is 0.259 e. The number of aryl methyl sites for hydroxylation is 2. The molecule has 0 aliphatic carbocycles. The molecule has 7 heteroatoms. The summed E-state index contributed by atoms with van der Waals surface area (Å²) in [5.74, 6) is 1.47. The van der Waals surface area contributed by atoms with Crippen LogP contribution in [-0.4, -0.2) is 21.1 Å². The zero-order chi connectivity index (χ0) is 20.4. The number of carbonyl (C=O) groups is 1. The van der Waals surface area contributed by atoms with Gasteiger partial charge in [0.25, 0.3) is 5.56 Å². The number of aromatic nitrogens is 2. The molecule has 0 saturated heterocycles. The van der Waals surface area contributed by atoms with Gasteiger partial charge in [0, 0.05) is 10.6 Å². The Hall–Kier alpha value is -2.12. The number of benzene rings is 1. The number of anilines is 1. The van der Waals surface area contributed by atoms with Crippen molar-refractivity contribution in [1.29, 1.82) is 0 Å². The van der Waals surface area contributed by atoms with Gasteiger partial charge in [-0.15, -0.1) is 23.1 Å². The molecule has 1 atom stereocenters. The molecule has 2 aromatic heterocycles. The van der Waals surface area contributed by atoms with Gasteiger partial charge in [-0.2, -0.15) is 0 Å². The van der Waals surface area contributed by atoms with Crippen LogP contribution in [0.15, 0.2) is 29.1 Å². The number of hydrogen-bond acceptors (Lipinski definition) is 5. The first-order chi connectivity index (χ1) is 13.3. The van der Waals surface area contributed by atoms with E-state index in [0.717, 1.165) is 21.0 Å². The lowest BCUT2D eigenvalue weighted by molar-refractivity contribution is -0.115. The monoisotopic (exact) mass is 415 g/mol. The van der Waals surface area contributed by atoms with Gasteiger partial charge < -0.3 is 10.3 Å². The van der Waals surface area contributed by atoms with Crippen molar-refractivity contribution in [2.45, 2.75) is 51.5 Å². The highest BCUT2D eigenvalue weighted by Crippen LogP contribution is 2.26. The fourth-order valence-electron chi connectivity index (χ4n) is 2.84. The highest BCUT2D eigenvalue weighted by molar-refractivity contribution is 7.99. The zero-order valence-corrected chi connectivity index (χ0v) is 18.4. The fourth-order valence-corrected chi connectivity index (χ4v) is 4.65. The third-order valence-electron chi connectivity index (χ3n) is 4.77. The molecule has 0 radical (unpaired) electrons. The summed E-state index contributed by atoms with van der Waals surface area (Å²) in [6, 6.07) is 7.93. The SMILES string of the molecule is Cc1sc2nc(CSC(C)C(=O)Nc3ccc(C(C)C)cc3)[nH]c(=O)c2c1C. The number of amides is 1. The predicted molar refractivity (Wildman–Crippen MR) is 120 cm³/mol. The Bertz CT molecular complexity index is 1050. The number of fused-ring (bicyclic) bond motifs is 1. The van der Waals surface area contributed by atoms with Crippen molar-refractivity contribution in [3.63, 3.8) is 0 Å². The van der Waals surface area contributed by atoms with E-state index < -0.39 is 0 Å². The van der Waals surface area contributed by atoms with Gasteiger partial charge in [-0.05, 0) is 49.9 Å². The molecule has 0 spiro atoms. The third-order valence-corrected chi connectivity index (χ3v) is 7.03. The van der Waals surface area contributed by atoms with E-state index in [2.05, 4.69) is 29.1 Å². The number of thiophene rings is 1. The minimum atomic E-state index is -0.266. The highest BCUT2D eigenvalue weighted by Gasteiger charge is 2.16. The number of rotatable bonds is 6. The van der Waals surface area contributed by atoms with Crippen LogP contribution in [-0.2, 0) is 10.5 Å². The van der Waals surface area contributed by atoms with E-state index in [1.807, 2.05) is 45.0 Å². The Morgan fingerprint density at radius 1 is 1.21 bits per heavy atom. The maximum atomic E-state index is 12.5. The molecule has 0 saturated carbocycles. The van der Waals surface area contributed by atoms with Crippen molar-refractivity contribution < 1.29 is 4.79 Å². The predicted octanol–water partition coefficient (Wildman–Crippen LogP) is 4.99. The molecule has 5 nitrogen and oxygen atoms in total. The normalized spacial score (nSPS) is 12.5. The molecule has 0 bridgehead atoms.